The Morgan fingerprint density at radius 1 is 1.23 bits per heavy atom. The molecule has 1 aliphatic rings. The number of nitrogens with two attached hydrogens (primary N) is 1. The first kappa shape index (κ1) is 16.0. The van der Waals surface area contributed by atoms with Crippen molar-refractivity contribution >= 4 is 29.1 Å². The maximum Gasteiger partial charge on any atom is 0.323 e. The van der Waals surface area contributed by atoms with Gasteiger partial charge in [0.1, 0.15) is 0 Å². The van der Waals surface area contributed by atoms with Gasteiger partial charge in [-0.1, -0.05) is 13.0 Å². The monoisotopic (exact) mass is 303 g/mol. The standard InChI is InChI=1S/C16H21N3O3/c1-11-6-8-18(9-7-11)15(21)16(22)19(12(2)20)14-5-3-4-13(17)10-14/h3-5,10-11H,6-9,17H2,1-2H3. The summed E-state index contributed by atoms with van der Waals surface area (Å²) in [6.07, 6.45) is 1.74. The first-order valence-corrected chi connectivity index (χ1v) is 7.39. The summed E-state index contributed by atoms with van der Waals surface area (Å²) >= 11 is 0. The molecule has 0 aliphatic carbocycles. The molecule has 0 aromatic heterocycles. The van der Waals surface area contributed by atoms with Gasteiger partial charge in [-0.3, -0.25) is 14.4 Å². The lowest BCUT2D eigenvalue weighted by Gasteiger charge is -2.31. The third kappa shape index (κ3) is 3.44. The van der Waals surface area contributed by atoms with Crippen LogP contribution in [-0.4, -0.2) is 35.7 Å². The Balaban J connectivity index is 2.20. The molecule has 2 rings (SSSR count). The lowest BCUT2D eigenvalue weighted by molar-refractivity contribution is -0.146. The number of nitrogen functional groups attached to an aromatic ring is 1. The average molecular weight is 303 g/mol. The van der Waals surface area contributed by atoms with Crippen molar-refractivity contribution in [1.82, 2.24) is 4.90 Å². The van der Waals surface area contributed by atoms with E-state index < -0.39 is 17.7 Å². The Morgan fingerprint density at radius 2 is 1.86 bits per heavy atom. The van der Waals surface area contributed by atoms with Crippen LogP contribution >= 0.6 is 0 Å². The second kappa shape index (κ2) is 6.60. The maximum absolute atomic E-state index is 12.5. The number of piperidine rings is 1. The van der Waals surface area contributed by atoms with Gasteiger partial charge < -0.3 is 10.6 Å². The number of carbonyl (C=O) groups is 3. The summed E-state index contributed by atoms with van der Waals surface area (Å²) in [7, 11) is 0. The Kier molecular flexibility index (Phi) is 4.80. The number of anilines is 2. The van der Waals surface area contributed by atoms with Crippen molar-refractivity contribution in [2.24, 2.45) is 5.92 Å². The number of benzene rings is 1. The van der Waals surface area contributed by atoms with Crippen LogP contribution in [0, 0.1) is 5.92 Å². The molecule has 1 aromatic rings. The second-order valence-corrected chi connectivity index (χ2v) is 5.73. The van der Waals surface area contributed by atoms with Crippen LogP contribution in [0.5, 0.6) is 0 Å². The normalized spacial score (nSPS) is 15.5. The molecule has 3 amide bonds. The zero-order chi connectivity index (χ0) is 16.3. The van der Waals surface area contributed by atoms with Crippen molar-refractivity contribution < 1.29 is 14.4 Å². The zero-order valence-electron chi connectivity index (χ0n) is 12.9. The molecule has 1 heterocycles. The molecule has 118 valence electrons. The van der Waals surface area contributed by atoms with E-state index in [-0.39, 0.29) is 0 Å². The molecule has 6 nitrogen and oxygen atoms in total. The van der Waals surface area contributed by atoms with Gasteiger partial charge in [-0.05, 0) is 37.0 Å². The predicted octanol–water partition coefficient (Wildman–Crippen LogP) is 1.41. The maximum atomic E-state index is 12.5. The number of hydrogen-bond donors (Lipinski definition) is 1. The van der Waals surface area contributed by atoms with Gasteiger partial charge in [0.2, 0.25) is 5.91 Å². The number of hydrogen-bond acceptors (Lipinski definition) is 4. The van der Waals surface area contributed by atoms with Gasteiger partial charge >= 0.3 is 11.8 Å². The van der Waals surface area contributed by atoms with Crippen molar-refractivity contribution in [2.45, 2.75) is 26.7 Å². The minimum absolute atomic E-state index is 0.316. The molecular formula is C16H21N3O3. The molecule has 0 bridgehead atoms. The smallest absolute Gasteiger partial charge is 0.323 e. The van der Waals surface area contributed by atoms with Gasteiger partial charge in [0.05, 0.1) is 5.69 Å². The Hall–Kier alpha value is -2.37. The topological polar surface area (TPSA) is 83.7 Å². The quantitative estimate of drug-likeness (QED) is 0.628. The first-order chi connectivity index (χ1) is 10.4. The van der Waals surface area contributed by atoms with Crippen LogP contribution < -0.4 is 10.6 Å². The highest BCUT2D eigenvalue weighted by atomic mass is 16.2. The summed E-state index contributed by atoms with van der Waals surface area (Å²) in [6, 6.07) is 6.38. The van der Waals surface area contributed by atoms with E-state index in [1.807, 2.05) is 0 Å². The van der Waals surface area contributed by atoms with E-state index in [4.69, 9.17) is 5.73 Å². The van der Waals surface area contributed by atoms with Crippen LogP contribution in [-0.2, 0) is 14.4 Å². The highest BCUT2D eigenvalue weighted by Gasteiger charge is 2.32. The molecule has 1 fully saturated rings. The van der Waals surface area contributed by atoms with Crippen molar-refractivity contribution in [1.29, 1.82) is 0 Å². The molecule has 22 heavy (non-hydrogen) atoms. The molecule has 1 saturated heterocycles. The number of nitrogens with zero attached hydrogens (tertiary/aromatic N) is 2. The van der Waals surface area contributed by atoms with E-state index in [0.717, 1.165) is 17.7 Å². The fourth-order valence-electron chi connectivity index (χ4n) is 2.55. The summed E-state index contributed by atoms with van der Waals surface area (Å²) in [6.45, 7) is 4.48. The molecule has 0 spiro atoms. The Labute approximate surface area is 129 Å². The summed E-state index contributed by atoms with van der Waals surface area (Å²) in [4.78, 5) is 39.0. The summed E-state index contributed by atoms with van der Waals surface area (Å²) < 4.78 is 0. The third-order valence-electron chi connectivity index (χ3n) is 3.90. The molecule has 0 saturated carbocycles. The zero-order valence-corrected chi connectivity index (χ0v) is 12.9. The van der Waals surface area contributed by atoms with Crippen molar-refractivity contribution in [3.05, 3.63) is 24.3 Å². The molecule has 1 aliphatic heterocycles. The van der Waals surface area contributed by atoms with Crippen molar-refractivity contribution in [3.63, 3.8) is 0 Å². The third-order valence-corrected chi connectivity index (χ3v) is 3.90. The van der Waals surface area contributed by atoms with E-state index >= 15 is 0 Å². The molecule has 0 radical (unpaired) electrons. The lowest BCUT2D eigenvalue weighted by Crippen LogP contribution is -2.49. The van der Waals surface area contributed by atoms with Crippen LogP contribution in [0.2, 0.25) is 0 Å². The van der Waals surface area contributed by atoms with Gasteiger partial charge in [-0.2, -0.15) is 0 Å². The molecule has 0 atom stereocenters. The largest absolute Gasteiger partial charge is 0.399 e. The van der Waals surface area contributed by atoms with Gasteiger partial charge in [-0.15, -0.1) is 0 Å². The molecule has 6 heteroatoms. The minimum Gasteiger partial charge on any atom is -0.399 e. The molecule has 0 unspecified atom stereocenters. The molecule has 1 aromatic carbocycles. The summed E-state index contributed by atoms with van der Waals surface area (Å²) in [5, 5.41) is 0. The second-order valence-electron chi connectivity index (χ2n) is 5.73. The number of imide groups is 1. The number of amides is 3. The van der Waals surface area contributed by atoms with Gasteiger partial charge in [0.15, 0.2) is 0 Å². The first-order valence-electron chi connectivity index (χ1n) is 7.39. The average Bonchev–Trinajstić information content (AvgIpc) is 2.47. The van der Waals surface area contributed by atoms with Crippen molar-refractivity contribution in [3.8, 4) is 0 Å². The van der Waals surface area contributed by atoms with E-state index in [0.29, 0.717) is 30.4 Å². The number of likely N-dealkylation sites (tertiary alicyclic amines) is 1. The summed E-state index contributed by atoms with van der Waals surface area (Å²) in [5.74, 6) is -1.41. The summed E-state index contributed by atoms with van der Waals surface area (Å²) in [5.41, 5.74) is 6.43. The van der Waals surface area contributed by atoms with E-state index in [1.54, 1.807) is 18.2 Å². The highest BCUT2D eigenvalue weighted by molar-refractivity contribution is 6.45. The fraction of sp³-hybridized carbons (Fsp3) is 0.438. The van der Waals surface area contributed by atoms with Crippen LogP contribution in [0.3, 0.4) is 0 Å². The van der Waals surface area contributed by atoms with Gasteiger partial charge in [0, 0.05) is 25.7 Å². The van der Waals surface area contributed by atoms with E-state index in [2.05, 4.69) is 6.92 Å². The molecule has 2 N–H and O–H groups in total. The Morgan fingerprint density at radius 3 is 2.41 bits per heavy atom. The van der Waals surface area contributed by atoms with Gasteiger partial charge in [-0.25, -0.2) is 4.90 Å². The molecular weight excluding hydrogens is 282 g/mol. The number of rotatable bonds is 1. The minimum atomic E-state index is -0.826. The van der Waals surface area contributed by atoms with Crippen LogP contribution in [0.4, 0.5) is 11.4 Å². The lowest BCUT2D eigenvalue weighted by atomic mass is 9.99. The SMILES string of the molecule is CC(=O)N(C(=O)C(=O)N1CCC(C)CC1)c1cccc(N)c1. The fourth-order valence-corrected chi connectivity index (χ4v) is 2.55. The van der Waals surface area contributed by atoms with Crippen LogP contribution in [0.1, 0.15) is 26.7 Å². The van der Waals surface area contributed by atoms with E-state index in [9.17, 15) is 14.4 Å². The highest BCUT2D eigenvalue weighted by Crippen LogP contribution is 2.20. The Bertz CT molecular complexity index is 592. The van der Waals surface area contributed by atoms with Crippen LogP contribution in [0.15, 0.2) is 24.3 Å². The van der Waals surface area contributed by atoms with Crippen molar-refractivity contribution in [2.75, 3.05) is 23.7 Å². The number of carbonyl (C=O) groups excluding carboxylic acids is 3. The van der Waals surface area contributed by atoms with E-state index in [1.165, 1.54) is 17.9 Å². The predicted molar refractivity (Wildman–Crippen MR) is 84.0 cm³/mol. The van der Waals surface area contributed by atoms with Gasteiger partial charge in [0.25, 0.3) is 0 Å². The van der Waals surface area contributed by atoms with Crippen LogP contribution in [0.25, 0.3) is 0 Å².